The van der Waals surface area contributed by atoms with Gasteiger partial charge in [-0.1, -0.05) is 25.7 Å². The summed E-state index contributed by atoms with van der Waals surface area (Å²) in [6.07, 6.45) is 10.8. The van der Waals surface area contributed by atoms with E-state index in [1.54, 1.807) is 0 Å². The maximum Gasteiger partial charge on any atom is 0.225 e. The van der Waals surface area contributed by atoms with Gasteiger partial charge in [0.15, 0.2) is 0 Å². The molecule has 1 N–H and O–H groups in total. The lowest BCUT2D eigenvalue weighted by Crippen LogP contribution is -2.42. The summed E-state index contributed by atoms with van der Waals surface area (Å²) in [7, 11) is 0. The third kappa shape index (κ3) is 4.96. The molecule has 0 aromatic carbocycles. The van der Waals surface area contributed by atoms with Gasteiger partial charge in [-0.3, -0.25) is 9.59 Å². The second-order valence-corrected chi connectivity index (χ2v) is 8.20. The molecule has 0 unspecified atom stereocenters. The van der Waals surface area contributed by atoms with Gasteiger partial charge in [-0.15, -0.1) is 0 Å². The first-order valence-corrected chi connectivity index (χ1v) is 10.4. The molecule has 0 radical (unpaired) electrons. The van der Waals surface area contributed by atoms with E-state index in [-0.39, 0.29) is 23.8 Å². The predicted octanol–water partition coefficient (Wildman–Crippen LogP) is 2.57. The lowest BCUT2D eigenvalue weighted by molar-refractivity contribution is -0.139. The number of rotatable bonds is 2. The van der Waals surface area contributed by atoms with Gasteiger partial charge in [0.2, 0.25) is 11.8 Å². The van der Waals surface area contributed by atoms with Crippen LogP contribution in [-0.4, -0.2) is 59.0 Å². The van der Waals surface area contributed by atoms with Gasteiger partial charge in [-0.25, -0.2) is 0 Å². The number of carbonyl (C=O) groups excluding carboxylic acids is 2. The summed E-state index contributed by atoms with van der Waals surface area (Å²) in [5, 5.41) is 9.63. The fourth-order valence-corrected chi connectivity index (χ4v) is 4.72. The highest BCUT2D eigenvalue weighted by atomic mass is 16.3. The Morgan fingerprint density at radius 1 is 0.600 bits per heavy atom. The van der Waals surface area contributed by atoms with Crippen molar-refractivity contribution in [1.29, 1.82) is 0 Å². The topological polar surface area (TPSA) is 60.9 Å². The Hall–Kier alpha value is -1.10. The van der Waals surface area contributed by atoms with Gasteiger partial charge in [0.25, 0.3) is 0 Å². The van der Waals surface area contributed by atoms with E-state index in [1.165, 1.54) is 25.7 Å². The molecule has 3 fully saturated rings. The molecule has 1 heterocycles. The number of aliphatic hydroxyl groups excluding tert-OH is 1. The molecule has 3 aliphatic rings. The molecule has 2 saturated carbocycles. The summed E-state index contributed by atoms with van der Waals surface area (Å²) in [5.41, 5.74) is 0. The standard InChI is InChI=1S/C20H34N2O3/c23-18-10-8-17(9-11-18)20(25)22-13-5-12-21(14-15-22)19(24)16-6-3-1-2-4-7-16/h16-18,23H,1-15H2. The summed E-state index contributed by atoms with van der Waals surface area (Å²) in [6, 6.07) is 0. The monoisotopic (exact) mass is 350 g/mol. The molecule has 2 aliphatic carbocycles. The smallest absolute Gasteiger partial charge is 0.225 e. The van der Waals surface area contributed by atoms with Crippen molar-refractivity contribution >= 4 is 11.8 Å². The van der Waals surface area contributed by atoms with Crippen LogP contribution < -0.4 is 0 Å². The first kappa shape index (κ1) is 18.7. The molecule has 1 aliphatic heterocycles. The Morgan fingerprint density at radius 2 is 1.08 bits per heavy atom. The predicted molar refractivity (Wildman–Crippen MR) is 96.9 cm³/mol. The fourth-order valence-electron chi connectivity index (χ4n) is 4.72. The van der Waals surface area contributed by atoms with Gasteiger partial charge in [-0.05, 0) is 44.9 Å². The summed E-state index contributed by atoms with van der Waals surface area (Å²) < 4.78 is 0. The van der Waals surface area contributed by atoms with E-state index in [9.17, 15) is 14.7 Å². The zero-order chi connectivity index (χ0) is 17.6. The molecule has 0 aromatic rings. The molecule has 5 heteroatoms. The highest BCUT2D eigenvalue weighted by molar-refractivity contribution is 5.80. The van der Waals surface area contributed by atoms with Gasteiger partial charge < -0.3 is 14.9 Å². The Kier molecular flexibility index (Phi) is 6.74. The van der Waals surface area contributed by atoms with Crippen molar-refractivity contribution in [3.8, 4) is 0 Å². The number of hydrogen-bond acceptors (Lipinski definition) is 3. The Balaban J connectivity index is 1.51. The van der Waals surface area contributed by atoms with E-state index >= 15 is 0 Å². The van der Waals surface area contributed by atoms with Crippen LogP contribution in [0.4, 0.5) is 0 Å². The summed E-state index contributed by atoms with van der Waals surface area (Å²) in [6.45, 7) is 2.93. The SMILES string of the molecule is O=C(C1CCCCCC1)N1CCCN(C(=O)C2CCC(O)CC2)CC1. The van der Waals surface area contributed by atoms with E-state index in [0.717, 1.165) is 58.0 Å². The molecule has 1 saturated heterocycles. The average molecular weight is 351 g/mol. The normalized spacial score (nSPS) is 29.8. The van der Waals surface area contributed by atoms with E-state index in [2.05, 4.69) is 0 Å². The van der Waals surface area contributed by atoms with Crippen molar-refractivity contribution in [3.05, 3.63) is 0 Å². The molecule has 3 rings (SSSR count). The first-order valence-electron chi connectivity index (χ1n) is 10.4. The second-order valence-electron chi connectivity index (χ2n) is 8.20. The molecular formula is C20H34N2O3. The average Bonchev–Trinajstić information content (AvgIpc) is 3.04. The molecule has 142 valence electrons. The molecule has 2 amide bonds. The van der Waals surface area contributed by atoms with Crippen molar-refractivity contribution in [3.63, 3.8) is 0 Å². The molecular weight excluding hydrogens is 316 g/mol. The molecule has 0 spiro atoms. The van der Waals surface area contributed by atoms with Crippen molar-refractivity contribution < 1.29 is 14.7 Å². The van der Waals surface area contributed by atoms with E-state index < -0.39 is 0 Å². The van der Waals surface area contributed by atoms with Crippen LogP contribution >= 0.6 is 0 Å². The quantitative estimate of drug-likeness (QED) is 0.779. The molecule has 25 heavy (non-hydrogen) atoms. The Labute approximate surface area is 151 Å². The van der Waals surface area contributed by atoms with Gasteiger partial charge in [0, 0.05) is 38.0 Å². The Morgan fingerprint density at radius 3 is 1.60 bits per heavy atom. The number of amides is 2. The summed E-state index contributed by atoms with van der Waals surface area (Å²) in [4.78, 5) is 29.6. The third-order valence-electron chi connectivity index (χ3n) is 6.37. The van der Waals surface area contributed by atoms with E-state index in [4.69, 9.17) is 0 Å². The molecule has 0 aromatic heterocycles. The van der Waals surface area contributed by atoms with Gasteiger partial charge >= 0.3 is 0 Å². The van der Waals surface area contributed by atoms with E-state index in [0.29, 0.717) is 19.0 Å². The molecule has 0 bridgehead atoms. The number of nitrogens with zero attached hydrogens (tertiary/aromatic N) is 2. The lowest BCUT2D eigenvalue weighted by Gasteiger charge is -2.30. The van der Waals surface area contributed by atoms with Crippen LogP contribution in [0.5, 0.6) is 0 Å². The van der Waals surface area contributed by atoms with Crippen LogP contribution in [0.1, 0.15) is 70.6 Å². The minimum absolute atomic E-state index is 0.0764. The number of aliphatic hydroxyl groups is 1. The third-order valence-corrected chi connectivity index (χ3v) is 6.37. The minimum Gasteiger partial charge on any atom is -0.393 e. The zero-order valence-corrected chi connectivity index (χ0v) is 15.5. The van der Waals surface area contributed by atoms with Crippen LogP contribution in [-0.2, 0) is 9.59 Å². The molecule has 0 atom stereocenters. The second kappa shape index (κ2) is 9.02. The highest BCUT2D eigenvalue weighted by Crippen LogP contribution is 2.27. The van der Waals surface area contributed by atoms with Crippen LogP contribution in [0.25, 0.3) is 0 Å². The maximum absolute atomic E-state index is 12.9. The highest BCUT2D eigenvalue weighted by Gasteiger charge is 2.31. The zero-order valence-electron chi connectivity index (χ0n) is 15.5. The van der Waals surface area contributed by atoms with Crippen molar-refractivity contribution in [2.75, 3.05) is 26.2 Å². The fraction of sp³-hybridized carbons (Fsp3) is 0.900. The van der Waals surface area contributed by atoms with Gasteiger partial charge in [-0.2, -0.15) is 0 Å². The maximum atomic E-state index is 12.9. The summed E-state index contributed by atoms with van der Waals surface area (Å²) >= 11 is 0. The van der Waals surface area contributed by atoms with Crippen LogP contribution in [0.3, 0.4) is 0 Å². The van der Waals surface area contributed by atoms with E-state index in [1.807, 2.05) is 9.80 Å². The summed E-state index contributed by atoms with van der Waals surface area (Å²) in [5.74, 6) is 0.866. The first-order chi connectivity index (χ1) is 12.1. The van der Waals surface area contributed by atoms with Crippen LogP contribution in [0, 0.1) is 11.8 Å². The number of carbonyl (C=O) groups is 2. The minimum atomic E-state index is -0.221. The van der Waals surface area contributed by atoms with Gasteiger partial charge in [0.1, 0.15) is 0 Å². The van der Waals surface area contributed by atoms with Crippen LogP contribution in [0.15, 0.2) is 0 Å². The molecule has 5 nitrogen and oxygen atoms in total. The van der Waals surface area contributed by atoms with Crippen molar-refractivity contribution in [2.45, 2.75) is 76.7 Å². The Bertz CT molecular complexity index is 452. The van der Waals surface area contributed by atoms with Crippen molar-refractivity contribution in [1.82, 2.24) is 9.80 Å². The largest absolute Gasteiger partial charge is 0.393 e. The van der Waals surface area contributed by atoms with Gasteiger partial charge in [0.05, 0.1) is 6.10 Å². The van der Waals surface area contributed by atoms with Crippen LogP contribution in [0.2, 0.25) is 0 Å². The number of hydrogen-bond donors (Lipinski definition) is 1. The van der Waals surface area contributed by atoms with Crippen molar-refractivity contribution in [2.24, 2.45) is 11.8 Å². The lowest BCUT2D eigenvalue weighted by atomic mass is 9.86.